The van der Waals surface area contributed by atoms with Gasteiger partial charge in [-0.2, -0.15) is 0 Å². The van der Waals surface area contributed by atoms with E-state index in [1.807, 2.05) is 6.07 Å². The summed E-state index contributed by atoms with van der Waals surface area (Å²) in [4.78, 5) is 11.9. The van der Waals surface area contributed by atoms with Crippen molar-refractivity contribution in [3.8, 4) is 18.1 Å². The molecule has 148 valence electrons. The van der Waals surface area contributed by atoms with Crippen LogP contribution in [0, 0.1) is 17.8 Å². The second-order valence-electron chi connectivity index (χ2n) is 8.59. The lowest BCUT2D eigenvalue weighted by atomic mass is 9.78. The van der Waals surface area contributed by atoms with Gasteiger partial charge in [-0.25, -0.2) is 0 Å². The predicted molar refractivity (Wildman–Crippen MR) is 119 cm³/mol. The smallest absolute Gasteiger partial charge is 0.363 e. The van der Waals surface area contributed by atoms with Gasteiger partial charge in [0.15, 0.2) is 0 Å². The Balaban J connectivity index is 1.96. The van der Waals surface area contributed by atoms with Crippen molar-refractivity contribution in [1.82, 2.24) is 5.32 Å². The fraction of sp³-hybridized carbons (Fsp3) is 0.458. The Morgan fingerprint density at radius 2 is 2.07 bits per heavy atom. The van der Waals surface area contributed by atoms with Gasteiger partial charge in [-0.05, 0) is 42.2 Å². The molecule has 28 heavy (non-hydrogen) atoms. The molecule has 1 amide bonds. The summed E-state index contributed by atoms with van der Waals surface area (Å²) in [5.41, 5.74) is 4.71. The molecule has 0 saturated carbocycles. The summed E-state index contributed by atoms with van der Waals surface area (Å²) in [5.74, 6) is 3.37. The molecule has 0 aromatic heterocycles. The zero-order chi connectivity index (χ0) is 20.7. The summed E-state index contributed by atoms with van der Waals surface area (Å²) >= 11 is 0. The van der Waals surface area contributed by atoms with E-state index in [4.69, 9.17) is 11.1 Å². The fourth-order valence-corrected chi connectivity index (χ4v) is 3.31. The quantitative estimate of drug-likeness (QED) is 0.408. The van der Waals surface area contributed by atoms with Gasteiger partial charge in [-0.1, -0.05) is 57.7 Å². The number of hydrogen-bond donors (Lipinski definition) is 1. The van der Waals surface area contributed by atoms with Crippen LogP contribution in [0.5, 0.6) is 5.75 Å². The fourth-order valence-electron chi connectivity index (χ4n) is 3.31. The molecule has 1 heterocycles. The molecular formula is C24H32BNO2. The highest BCUT2D eigenvalue weighted by Gasteiger charge is 2.25. The van der Waals surface area contributed by atoms with Crippen LogP contribution in [0.1, 0.15) is 64.0 Å². The maximum absolute atomic E-state index is 11.9. The van der Waals surface area contributed by atoms with Crippen LogP contribution >= 0.6 is 0 Å². The normalized spacial score (nSPS) is 15.4. The van der Waals surface area contributed by atoms with Crippen LogP contribution in [0.4, 0.5) is 0 Å². The summed E-state index contributed by atoms with van der Waals surface area (Å²) in [5, 5.41) is 3.01. The third-order valence-corrected chi connectivity index (χ3v) is 5.25. The van der Waals surface area contributed by atoms with Crippen LogP contribution in [0.25, 0.3) is 5.57 Å². The van der Waals surface area contributed by atoms with Crippen molar-refractivity contribution in [1.29, 1.82) is 0 Å². The van der Waals surface area contributed by atoms with E-state index in [-0.39, 0.29) is 17.3 Å². The van der Waals surface area contributed by atoms with Crippen LogP contribution in [0.15, 0.2) is 36.9 Å². The molecule has 0 bridgehead atoms. The minimum absolute atomic E-state index is 0.0172. The second-order valence-corrected chi connectivity index (χ2v) is 8.59. The number of rotatable bonds is 8. The minimum Gasteiger partial charge on any atom is -0.561 e. The van der Waals surface area contributed by atoms with Crippen molar-refractivity contribution < 1.29 is 9.45 Å². The van der Waals surface area contributed by atoms with E-state index in [0.29, 0.717) is 20.3 Å². The highest BCUT2D eigenvalue weighted by molar-refractivity contribution is 6.32. The maximum Gasteiger partial charge on any atom is 0.363 e. The summed E-state index contributed by atoms with van der Waals surface area (Å²) in [6.07, 6.45) is 9.76. The average molecular weight is 377 g/mol. The number of carbonyl (C=O) groups is 1. The Hall–Kier alpha value is -2.41. The summed E-state index contributed by atoms with van der Waals surface area (Å²) in [7, 11) is 0.472. The molecule has 3 nitrogen and oxygen atoms in total. The zero-order valence-corrected chi connectivity index (χ0v) is 17.6. The number of carbonyl (C=O) groups excluding carboxylic acids is 1. The van der Waals surface area contributed by atoms with Crippen molar-refractivity contribution in [2.45, 2.75) is 65.2 Å². The lowest BCUT2D eigenvalue weighted by Gasteiger charge is -2.27. The molecule has 0 saturated heterocycles. The lowest BCUT2D eigenvalue weighted by Crippen LogP contribution is -2.45. The number of allylic oxidation sites excluding steroid dienone is 2. The van der Waals surface area contributed by atoms with E-state index in [1.54, 1.807) is 0 Å². The van der Waals surface area contributed by atoms with Crippen molar-refractivity contribution >= 4 is 19.0 Å². The molecule has 0 fully saturated rings. The monoisotopic (exact) mass is 377 g/mol. The first-order chi connectivity index (χ1) is 13.2. The Labute approximate surface area is 170 Å². The molecule has 1 N–H and O–H groups in total. The largest absolute Gasteiger partial charge is 0.561 e. The number of nitrogens with one attached hydrogen (secondary N) is 1. The van der Waals surface area contributed by atoms with Gasteiger partial charge in [0.2, 0.25) is 5.91 Å². The van der Waals surface area contributed by atoms with Gasteiger partial charge in [0.25, 0.3) is 0 Å². The zero-order valence-electron chi connectivity index (χ0n) is 17.6. The number of hydrogen-bond acceptors (Lipinski definition) is 2. The Morgan fingerprint density at radius 1 is 1.32 bits per heavy atom. The topological polar surface area (TPSA) is 38.3 Å². The van der Waals surface area contributed by atoms with E-state index in [1.165, 1.54) is 5.57 Å². The molecule has 1 aliphatic heterocycles. The van der Waals surface area contributed by atoms with Gasteiger partial charge >= 0.3 is 7.48 Å². The summed E-state index contributed by atoms with van der Waals surface area (Å²) in [6.45, 7) is 15.1. The van der Waals surface area contributed by atoms with Crippen molar-refractivity contribution in [3.63, 3.8) is 0 Å². The van der Waals surface area contributed by atoms with Crippen LogP contribution in [0.2, 0.25) is 0 Å². The van der Waals surface area contributed by atoms with Crippen molar-refractivity contribution in [2.24, 2.45) is 5.41 Å². The molecular weight excluding hydrogens is 345 g/mol. The molecule has 2 rings (SSSR count). The van der Waals surface area contributed by atoms with Crippen LogP contribution in [-0.4, -0.2) is 19.3 Å². The molecule has 0 radical (unpaired) electrons. The maximum atomic E-state index is 11.9. The van der Waals surface area contributed by atoms with Crippen LogP contribution < -0.4 is 9.97 Å². The second kappa shape index (κ2) is 9.69. The molecule has 1 aliphatic rings. The molecule has 1 unspecified atom stereocenters. The third kappa shape index (κ3) is 6.06. The molecule has 4 heteroatoms. The average Bonchev–Trinajstić information content (AvgIpc) is 2.64. The summed E-state index contributed by atoms with van der Waals surface area (Å²) < 4.78 is 6.04. The first-order valence-corrected chi connectivity index (χ1v) is 10.1. The first kappa shape index (κ1) is 21.9. The highest BCUT2D eigenvalue weighted by atomic mass is 16.4. The van der Waals surface area contributed by atoms with Crippen molar-refractivity contribution in [3.05, 3.63) is 48.1 Å². The molecule has 1 aromatic carbocycles. The van der Waals surface area contributed by atoms with Gasteiger partial charge in [-0.15, -0.1) is 12.3 Å². The first-order valence-electron chi connectivity index (χ1n) is 10.1. The Kier molecular flexibility index (Phi) is 7.57. The van der Waals surface area contributed by atoms with Crippen LogP contribution in [0.3, 0.4) is 0 Å². The highest BCUT2D eigenvalue weighted by Crippen LogP contribution is 2.35. The van der Waals surface area contributed by atoms with E-state index in [2.05, 4.69) is 57.3 Å². The van der Waals surface area contributed by atoms with Gasteiger partial charge in [0.1, 0.15) is 5.75 Å². The Bertz CT molecular complexity index is 783. The van der Waals surface area contributed by atoms with Gasteiger partial charge < -0.3 is 9.97 Å². The number of para-hydroxylation sites is 1. The number of terminal acetylenes is 1. The van der Waals surface area contributed by atoms with E-state index < -0.39 is 0 Å². The van der Waals surface area contributed by atoms with Crippen LogP contribution in [-0.2, 0) is 11.2 Å². The molecule has 1 aromatic rings. The van der Waals surface area contributed by atoms with E-state index in [0.717, 1.165) is 48.1 Å². The molecule has 0 aliphatic carbocycles. The van der Waals surface area contributed by atoms with E-state index in [9.17, 15) is 4.79 Å². The lowest BCUT2D eigenvalue weighted by molar-refractivity contribution is -0.121. The van der Waals surface area contributed by atoms with Gasteiger partial charge in [0, 0.05) is 24.3 Å². The SMILES string of the molecule is C#CCCC(=O)NC1BOc2c(cccc2C(=C)CCCC(=C)C(C)(C)C)C1. The Morgan fingerprint density at radius 3 is 2.75 bits per heavy atom. The minimum atomic E-state index is -0.0189. The van der Waals surface area contributed by atoms with Gasteiger partial charge in [0.05, 0.1) is 0 Å². The molecule has 0 spiro atoms. The van der Waals surface area contributed by atoms with Crippen molar-refractivity contribution in [2.75, 3.05) is 0 Å². The number of benzene rings is 1. The standard InChI is InChI=1S/C24H32BNO2/c1-7-8-15-22(27)26-21-16-19-13-10-14-20(23(19)28-25-21)17(2)11-9-12-18(3)24(4,5)6/h1,10,13-14,21,25H,2-3,8-9,11-12,15-16H2,4-6H3,(H,26,27). The summed E-state index contributed by atoms with van der Waals surface area (Å²) in [6, 6.07) is 6.18. The number of fused-ring (bicyclic) bond motifs is 1. The third-order valence-electron chi connectivity index (χ3n) is 5.25. The van der Waals surface area contributed by atoms with Gasteiger partial charge in [-0.3, -0.25) is 4.79 Å². The number of amides is 1. The van der Waals surface area contributed by atoms with E-state index >= 15 is 0 Å². The molecule has 1 atom stereocenters. The predicted octanol–water partition coefficient (Wildman–Crippen LogP) is 4.61.